The van der Waals surface area contributed by atoms with Crippen molar-refractivity contribution in [3.8, 4) is 0 Å². The molecule has 0 atom stereocenters. The number of carbonyl (C=O) groups excluding carboxylic acids is 1. The number of carbonyl (C=O) groups is 1. The number of rotatable bonds is 2. The second kappa shape index (κ2) is 4.99. The smallest absolute Gasteiger partial charge is 0.256 e. The molecule has 0 unspecified atom stereocenters. The molecule has 1 N–H and O–H groups in total. The van der Waals surface area contributed by atoms with Gasteiger partial charge in [-0.2, -0.15) is 0 Å². The number of halogens is 2. The fourth-order valence-electron chi connectivity index (χ4n) is 1.20. The third kappa shape index (κ3) is 2.84. The molecule has 2 rings (SSSR count). The zero-order chi connectivity index (χ0) is 11.5. The normalized spacial score (nSPS) is 10.1. The van der Waals surface area contributed by atoms with Gasteiger partial charge >= 0.3 is 0 Å². The zero-order valence-electron chi connectivity index (χ0n) is 8.04. The van der Waals surface area contributed by atoms with Crippen LogP contribution in [0.3, 0.4) is 0 Å². The van der Waals surface area contributed by atoms with E-state index in [9.17, 15) is 4.79 Å². The second-order valence-corrected chi connectivity index (χ2v) is 5.83. The summed E-state index contributed by atoms with van der Waals surface area (Å²) in [4.78, 5) is 11.8. The molecule has 1 amide bonds. The van der Waals surface area contributed by atoms with E-state index >= 15 is 0 Å². The van der Waals surface area contributed by atoms with E-state index in [1.54, 1.807) is 35.7 Å². The molecular formula is C11H7BrClNOS. The number of anilines is 1. The van der Waals surface area contributed by atoms with Crippen LogP contribution < -0.4 is 5.32 Å². The maximum Gasteiger partial charge on any atom is 0.256 e. The van der Waals surface area contributed by atoms with Crippen LogP contribution in [0.25, 0.3) is 0 Å². The van der Waals surface area contributed by atoms with E-state index in [-0.39, 0.29) is 5.91 Å². The lowest BCUT2D eigenvalue weighted by Gasteiger charge is -2.03. The van der Waals surface area contributed by atoms with Crippen molar-refractivity contribution in [2.45, 2.75) is 0 Å². The van der Waals surface area contributed by atoms with E-state index in [0.717, 1.165) is 3.79 Å². The molecule has 1 aromatic heterocycles. The van der Waals surface area contributed by atoms with Gasteiger partial charge in [0.2, 0.25) is 0 Å². The van der Waals surface area contributed by atoms with Crippen LogP contribution in [0.2, 0.25) is 5.02 Å². The highest BCUT2D eigenvalue weighted by atomic mass is 79.9. The maximum atomic E-state index is 11.8. The molecule has 16 heavy (non-hydrogen) atoms. The SMILES string of the molecule is O=C(Nc1cccc(Cl)c1)c1csc(Br)c1. The predicted octanol–water partition coefficient (Wildman–Crippen LogP) is 4.42. The van der Waals surface area contributed by atoms with Crippen LogP contribution in [0.15, 0.2) is 39.5 Å². The first kappa shape index (κ1) is 11.6. The Morgan fingerprint density at radius 3 is 2.81 bits per heavy atom. The third-order valence-electron chi connectivity index (χ3n) is 1.91. The van der Waals surface area contributed by atoms with Crippen LogP contribution in [0, 0.1) is 0 Å². The molecule has 82 valence electrons. The van der Waals surface area contributed by atoms with Gasteiger partial charge in [0.05, 0.1) is 9.35 Å². The number of benzene rings is 1. The molecule has 0 aliphatic heterocycles. The number of hydrogen-bond donors (Lipinski definition) is 1. The topological polar surface area (TPSA) is 29.1 Å². The van der Waals surface area contributed by atoms with Crippen molar-refractivity contribution in [3.05, 3.63) is 50.1 Å². The number of hydrogen-bond acceptors (Lipinski definition) is 2. The zero-order valence-corrected chi connectivity index (χ0v) is 11.2. The van der Waals surface area contributed by atoms with Gasteiger partial charge in [0.1, 0.15) is 0 Å². The van der Waals surface area contributed by atoms with Gasteiger partial charge in [-0.25, -0.2) is 0 Å². The molecule has 1 aromatic carbocycles. The van der Waals surface area contributed by atoms with Gasteiger partial charge in [0.25, 0.3) is 5.91 Å². The van der Waals surface area contributed by atoms with Gasteiger partial charge in [-0.15, -0.1) is 11.3 Å². The Kier molecular flexibility index (Phi) is 3.63. The van der Waals surface area contributed by atoms with E-state index in [1.807, 2.05) is 0 Å². The van der Waals surface area contributed by atoms with Gasteiger partial charge in [-0.1, -0.05) is 17.7 Å². The van der Waals surface area contributed by atoms with E-state index in [2.05, 4.69) is 21.2 Å². The van der Waals surface area contributed by atoms with E-state index in [4.69, 9.17) is 11.6 Å². The highest BCUT2D eigenvalue weighted by Gasteiger charge is 2.08. The molecule has 1 heterocycles. The van der Waals surface area contributed by atoms with Crippen LogP contribution in [0.1, 0.15) is 10.4 Å². The first-order valence-corrected chi connectivity index (χ1v) is 6.51. The Balaban J connectivity index is 2.13. The van der Waals surface area contributed by atoms with Crippen LogP contribution in [-0.2, 0) is 0 Å². The van der Waals surface area contributed by atoms with Crippen molar-refractivity contribution in [1.29, 1.82) is 0 Å². The van der Waals surface area contributed by atoms with Crippen LogP contribution in [0.5, 0.6) is 0 Å². The average molecular weight is 317 g/mol. The number of nitrogens with one attached hydrogen (secondary N) is 1. The first-order chi connectivity index (χ1) is 7.65. The van der Waals surface area contributed by atoms with E-state index in [1.165, 1.54) is 11.3 Å². The molecule has 0 aliphatic carbocycles. The molecule has 0 bridgehead atoms. The van der Waals surface area contributed by atoms with Crippen molar-refractivity contribution >= 4 is 50.5 Å². The minimum absolute atomic E-state index is 0.135. The highest BCUT2D eigenvalue weighted by molar-refractivity contribution is 9.11. The number of amides is 1. The summed E-state index contributed by atoms with van der Waals surface area (Å²) in [7, 11) is 0. The van der Waals surface area contributed by atoms with E-state index in [0.29, 0.717) is 16.3 Å². The summed E-state index contributed by atoms with van der Waals surface area (Å²) in [6.07, 6.45) is 0. The summed E-state index contributed by atoms with van der Waals surface area (Å²) in [6, 6.07) is 8.84. The Morgan fingerprint density at radius 2 is 2.19 bits per heavy atom. The van der Waals surface area contributed by atoms with Crippen molar-refractivity contribution in [1.82, 2.24) is 0 Å². The van der Waals surface area contributed by atoms with Crippen LogP contribution >= 0.6 is 38.9 Å². The predicted molar refractivity (Wildman–Crippen MR) is 71.4 cm³/mol. The molecule has 2 aromatic rings. The van der Waals surface area contributed by atoms with Crippen molar-refractivity contribution in [2.75, 3.05) is 5.32 Å². The standard InChI is InChI=1S/C11H7BrClNOS/c12-10-4-7(6-16-10)11(15)14-9-3-1-2-8(13)5-9/h1-6H,(H,14,15). The molecule has 0 saturated heterocycles. The molecule has 5 heteroatoms. The summed E-state index contributed by atoms with van der Waals surface area (Å²) < 4.78 is 0.934. The van der Waals surface area contributed by atoms with Gasteiger partial charge in [0, 0.05) is 16.1 Å². The van der Waals surface area contributed by atoms with Gasteiger partial charge < -0.3 is 5.32 Å². The minimum Gasteiger partial charge on any atom is -0.322 e. The van der Waals surface area contributed by atoms with Crippen molar-refractivity contribution in [2.24, 2.45) is 0 Å². The first-order valence-electron chi connectivity index (χ1n) is 4.46. The molecule has 0 spiro atoms. The quantitative estimate of drug-likeness (QED) is 0.873. The third-order valence-corrected chi connectivity index (χ3v) is 3.65. The van der Waals surface area contributed by atoms with Gasteiger partial charge in [0.15, 0.2) is 0 Å². The summed E-state index contributed by atoms with van der Waals surface area (Å²) in [5.41, 5.74) is 1.33. The maximum absolute atomic E-state index is 11.8. The Hall–Kier alpha value is -0.840. The lowest BCUT2D eigenvalue weighted by molar-refractivity contribution is 0.102. The second-order valence-electron chi connectivity index (χ2n) is 3.10. The van der Waals surface area contributed by atoms with Crippen molar-refractivity contribution < 1.29 is 4.79 Å². The molecule has 0 aliphatic rings. The highest BCUT2D eigenvalue weighted by Crippen LogP contribution is 2.22. The summed E-state index contributed by atoms with van der Waals surface area (Å²) in [6.45, 7) is 0. The van der Waals surface area contributed by atoms with Gasteiger partial charge in [-0.3, -0.25) is 4.79 Å². The lowest BCUT2D eigenvalue weighted by atomic mass is 10.3. The molecule has 2 nitrogen and oxygen atoms in total. The van der Waals surface area contributed by atoms with Gasteiger partial charge in [-0.05, 0) is 40.2 Å². The fraction of sp³-hybridized carbons (Fsp3) is 0. The summed E-state index contributed by atoms with van der Waals surface area (Å²) in [5.74, 6) is -0.135. The van der Waals surface area contributed by atoms with Crippen molar-refractivity contribution in [3.63, 3.8) is 0 Å². The number of thiophene rings is 1. The molecule has 0 saturated carbocycles. The summed E-state index contributed by atoms with van der Waals surface area (Å²) >= 11 is 10.6. The molecule has 0 fully saturated rings. The monoisotopic (exact) mass is 315 g/mol. The average Bonchev–Trinajstić information content (AvgIpc) is 2.65. The Labute approximate surface area is 110 Å². The summed E-state index contributed by atoms with van der Waals surface area (Å²) in [5, 5.41) is 5.17. The largest absolute Gasteiger partial charge is 0.322 e. The lowest BCUT2D eigenvalue weighted by Crippen LogP contribution is -2.10. The molecule has 0 radical (unpaired) electrons. The Morgan fingerprint density at radius 1 is 1.38 bits per heavy atom. The minimum atomic E-state index is -0.135. The van der Waals surface area contributed by atoms with Crippen LogP contribution in [-0.4, -0.2) is 5.91 Å². The van der Waals surface area contributed by atoms with E-state index < -0.39 is 0 Å². The van der Waals surface area contributed by atoms with Crippen LogP contribution in [0.4, 0.5) is 5.69 Å². The fourth-order valence-corrected chi connectivity index (χ4v) is 2.53. The molecular weight excluding hydrogens is 310 g/mol. The Bertz CT molecular complexity index is 526.